The lowest BCUT2D eigenvalue weighted by atomic mass is 9.77. The molecule has 0 spiro atoms. The first-order chi connectivity index (χ1) is 12.2. The zero-order valence-electron chi connectivity index (χ0n) is 14.9. The monoisotopic (exact) mass is 340 g/mol. The Balaban J connectivity index is 1.56. The SMILES string of the molecule is CC(CCO)NC(=O)C[C@H]1CC[C@@H](c2ccnc3ccccc32)CC1. The molecule has 1 atom stereocenters. The molecule has 1 unspecified atom stereocenters. The number of carbonyl (C=O) groups is 1. The van der Waals surface area contributed by atoms with E-state index in [4.69, 9.17) is 5.11 Å². The van der Waals surface area contributed by atoms with E-state index in [2.05, 4.69) is 34.6 Å². The van der Waals surface area contributed by atoms with E-state index in [-0.39, 0.29) is 18.6 Å². The molecular weight excluding hydrogens is 312 g/mol. The maximum absolute atomic E-state index is 12.1. The number of nitrogens with zero attached hydrogens (tertiary/aromatic N) is 1. The maximum Gasteiger partial charge on any atom is 0.220 e. The number of pyridine rings is 1. The van der Waals surface area contributed by atoms with Crippen molar-refractivity contribution in [2.75, 3.05) is 6.61 Å². The van der Waals surface area contributed by atoms with Crippen molar-refractivity contribution in [2.24, 2.45) is 5.92 Å². The summed E-state index contributed by atoms with van der Waals surface area (Å²) in [7, 11) is 0. The van der Waals surface area contributed by atoms with Gasteiger partial charge in [0.1, 0.15) is 0 Å². The van der Waals surface area contributed by atoms with Gasteiger partial charge in [0.2, 0.25) is 5.91 Å². The molecule has 1 aliphatic rings. The highest BCUT2D eigenvalue weighted by Crippen LogP contribution is 2.39. The van der Waals surface area contributed by atoms with E-state index in [1.165, 1.54) is 10.9 Å². The fraction of sp³-hybridized carbons (Fsp3) is 0.524. The summed E-state index contributed by atoms with van der Waals surface area (Å²) < 4.78 is 0. The number of hydrogen-bond acceptors (Lipinski definition) is 3. The summed E-state index contributed by atoms with van der Waals surface area (Å²) in [6.45, 7) is 2.06. The fourth-order valence-electron chi connectivity index (χ4n) is 4.01. The molecule has 0 radical (unpaired) electrons. The fourth-order valence-corrected chi connectivity index (χ4v) is 4.01. The molecular formula is C21H28N2O2. The first-order valence-electron chi connectivity index (χ1n) is 9.41. The van der Waals surface area contributed by atoms with E-state index < -0.39 is 0 Å². The van der Waals surface area contributed by atoms with Gasteiger partial charge in [0, 0.05) is 30.7 Å². The number of amides is 1. The van der Waals surface area contributed by atoms with Crippen LogP contribution in [-0.4, -0.2) is 28.6 Å². The van der Waals surface area contributed by atoms with Gasteiger partial charge in [-0.3, -0.25) is 9.78 Å². The number of para-hydroxylation sites is 1. The van der Waals surface area contributed by atoms with Crippen LogP contribution in [-0.2, 0) is 4.79 Å². The third kappa shape index (κ3) is 4.57. The largest absolute Gasteiger partial charge is 0.396 e. The van der Waals surface area contributed by atoms with Gasteiger partial charge in [-0.05, 0) is 68.6 Å². The molecule has 4 heteroatoms. The summed E-state index contributed by atoms with van der Waals surface area (Å²) in [5, 5.41) is 13.2. The number of aromatic nitrogens is 1. The summed E-state index contributed by atoms with van der Waals surface area (Å²) in [6, 6.07) is 10.6. The molecule has 1 saturated carbocycles. The van der Waals surface area contributed by atoms with Crippen molar-refractivity contribution in [3.8, 4) is 0 Å². The molecule has 1 amide bonds. The van der Waals surface area contributed by atoms with Crippen LogP contribution < -0.4 is 5.32 Å². The number of rotatable bonds is 6. The van der Waals surface area contributed by atoms with Gasteiger partial charge in [0.05, 0.1) is 5.52 Å². The number of nitrogens with one attached hydrogen (secondary N) is 1. The smallest absolute Gasteiger partial charge is 0.220 e. The Morgan fingerprint density at radius 3 is 2.76 bits per heavy atom. The first-order valence-corrected chi connectivity index (χ1v) is 9.41. The lowest BCUT2D eigenvalue weighted by Gasteiger charge is -2.29. The van der Waals surface area contributed by atoms with Crippen molar-refractivity contribution >= 4 is 16.8 Å². The van der Waals surface area contributed by atoms with Crippen molar-refractivity contribution in [1.29, 1.82) is 0 Å². The highest BCUT2D eigenvalue weighted by Gasteiger charge is 2.25. The average Bonchev–Trinajstić information content (AvgIpc) is 2.62. The van der Waals surface area contributed by atoms with Crippen LogP contribution in [0, 0.1) is 5.92 Å². The Bertz CT molecular complexity index is 703. The molecule has 2 N–H and O–H groups in total. The predicted molar refractivity (Wildman–Crippen MR) is 100 cm³/mol. The predicted octanol–water partition coefficient (Wildman–Crippen LogP) is 3.79. The number of carbonyl (C=O) groups excluding carboxylic acids is 1. The number of aliphatic hydroxyl groups is 1. The van der Waals surface area contributed by atoms with Gasteiger partial charge in [0.25, 0.3) is 0 Å². The second-order valence-electron chi connectivity index (χ2n) is 7.32. The van der Waals surface area contributed by atoms with Gasteiger partial charge in [-0.15, -0.1) is 0 Å². The number of hydrogen-bond donors (Lipinski definition) is 2. The van der Waals surface area contributed by atoms with Crippen LogP contribution >= 0.6 is 0 Å². The Morgan fingerprint density at radius 2 is 2.00 bits per heavy atom. The van der Waals surface area contributed by atoms with Crippen molar-refractivity contribution < 1.29 is 9.90 Å². The minimum absolute atomic E-state index is 0.0528. The maximum atomic E-state index is 12.1. The van der Waals surface area contributed by atoms with Gasteiger partial charge < -0.3 is 10.4 Å². The quantitative estimate of drug-likeness (QED) is 0.841. The van der Waals surface area contributed by atoms with E-state index >= 15 is 0 Å². The number of benzene rings is 1. The first kappa shape index (κ1) is 17.9. The highest BCUT2D eigenvalue weighted by atomic mass is 16.3. The highest BCUT2D eigenvalue weighted by molar-refractivity contribution is 5.82. The third-order valence-electron chi connectivity index (χ3n) is 5.41. The molecule has 0 bridgehead atoms. The molecule has 1 aromatic heterocycles. The van der Waals surface area contributed by atoms with Crippen molar-refractivity contribution in [2.45, 2.75) is 57.4 Å². The molecule has 0 saturated heterocycles. The minimum Gasteiger partial charge on any atom is -0.396 e. The topological polar surface area (TPSA) is 62.2 Å². The van der Waals surface area contributed by atoms with Crippen molar-refractivity contribution in [3.63, 3.8) is 0 Å². The van der Waals surface area contributed by atoms with Gasteiger partial charge >= 0.3 is 0 Å². The standard InChI is InChI=1S/C21H28N2O2/c1-15(11-13-24)23-21(25)14-16-6-8-17(9-7-16)18-10-12-22-20-5-3-2-4-19(18)20/h2-5,10,12,15-17,24H,6-9,11,13-14H2,1H3,(H,23,25)/t15?,16-,17+. The third-order valence-corrected chi connectivity index (χ3v) is 5.41. The second-order valence-corrected chi connectivity index (χ2v) is 7.32. The van der Waals surface area contributed by atoms with E-state index in [0.717, 1.165) is 31.2 Å². The zero-order chi connectivity index (χ0) is 17.6. The molecule has 25 heavy (non-hydrogen) atoms. The molecule has 0 aliphatic heterocycles. The van der Waals surface area contributed by atoms with E-state index in [1.54, 1.807) is 0 Å². The van der Waals surface area contributed by atoms with E-state index in [9.17, 15) is 4.79 Å². The normalized spacial score (nSPS) is 21.8. The average molecular weight is 340 g/mol. The van der Waals surface area contributed by atoms with Crippen molar-refractivity contribution in [3.05, 3.63) is 42.1 Å². The van der Waals surface area contributed by atoms with Crippen LogP contribution in [0.4, 0.5) is 0 Å². The number of fused-ring (bicyclic) bond motifs is 1. The summed E-state index contributed by atoms with van der Waals surface area (Å²) in [4.78, 5) is 16.6. The molecule has 1 aliphatic carbocycles. The number of aliphatic hydroxyl groups excluding tert-OH is 1. The summed E-state index contributed by atoms with van der Waals surface area (Å²) >= 11 is 0. The zero-order valence-corrected chi connectivity index (χ0v) is 14.9. The summed E-state index contributed by atoms with van der Waals surface area (Å²) in [5.41, 5.74) is 2.48. The van der Waals surface area contributed by atoms with Gasteiger partial charge in [-0.1, -0.05) is 18.2 Å². The lowest BCUT2D eigenvalue weighted by molar-refractivity contribution is -0.122. The van der Waals surface area contributed by atoms with Crippen LogP contribution in [0.15, 0.2) is 36.5 Å². The van der Waals surface area contributed by atoms with Crippen molar-refractivity contribution in [1.82, 2.24) is 10.3 Å². The molecule has 1 aromatic carbocycles. The molecule has 2 aromatic rings. The van der Waals surface area contributed by atoms with E-state index in [1.807, 2.05) is 19.2 Å². The summed E-state index contributed by atoms with van der Waals surface area (Å²) in [6.07, 6.45) is 7.62. The Morgan fingerprint density at radius 1 is 1.24 bits per heavy atom. The van der Waals surface area contributed by atoms with Gasteiger partial charge in [-0.25, -0.2) is 0 Å². The molecule has 1 heterocycles. The Hall–Kier alpha value is -1.94. The van der Waals surface area contributed by atoms with Crippen LogP contribution in [0.3, 0.4) is 0 Å². The van der Waals surface area contributed by atoms with Crippen LogP contribution in [0.5, 0.6) is 0 Å². The summed E-state index contributed by atoms with van der Waals surface area (Å²) in [5.74, 6) is 1.17. The molecule has 134 valence electrons. The lowest BCUT2D eigenvalue weighted by Crippen LogP contribution is -2.34. The van der Waals surface area contributed by atoms with Crippen LogP contribution in [0.2, 0.25) is 0 Å². The van der Waals surface area contributed by atoms with Gasteiger partial charge in [0.15, 0.2) is 0 Å². The molecule has 3 rings (SSSR count). The van der Waals surface area contributed by atoms with Crippen LogP contribution in [0.25, 0.3) is 10.9 Å². The van der Waals surface area contributed by atoms with Crippen LogP contribution in [0.1, 0.15) is 56.9 Å². The van der Waals surface area contributed by atoms with Gasteiger partial charge in [-0.2, -0.15) is 0 Å². The Kier molecular flexibility index (Phi) is 6.03. The minimum atomic E-state index is 0.0528. The second kappa shape index (κ2) is 8.43. The Labute approximate surface area is 149 Å². The van der Waals surface area contributed by atoms with E-state index in [0.29, 0.717) is 24.7 Å². The molecule has 4 nitrogen and oxygen atoms in total. The molecule has 1 fully saturated rings.